The van der Waals surface area contributed by atoms with E-state index in [1.54, 1.807) is 22.2 Å². The number of anilines is 2. The minimum absolute atomic E-state index is 0. The van der Waals surface area contributed by atoms with Gasteiger partial charge in [-0.1, -0.05) is 0 Å². The molecule has 0 amide bonds. The quantitative estimate of drug-likeness (QED) is 0.878. The minimum atomic E-state index is 0. The normalized spacial score (nSPS) is 9.31. The molecule has 0 atom stereocenters. The molecular formula is C8H13Cl2N5S. The molecule has 0 aliphatic rings. The monoisotopic (exact) mass is 281 g/mol. The third-order valence-corrected chi connectivity index (χ3v) is 2.81. The van der Waals surface area contributed by atoms with Crippen molar-refractivity contribution in [3.63, 3.8) is 0 Å². The van der Waals surface area contributed by atoms with Gasteiger partial charge in [0.1, 0.15) is 10.8 Å². The summed E-state index contributed by atoms with van der Waals surface area (Å²) in [6.45, 7) is 2.54. The number of hydrogen-bond donors (Lipinski definition) is 2. The van der Waals surface area contributed by atoms with Crippen LogP contribution in [0.15, 0.2) is 11.6 Å². The Kier molecular flexibility index (Phi) is 5.57. The first-order valence-electron chi connectivity index (χ1n) is 4.14. The van der Waals surface area contributed by atoms with E-state index in [1.165, 1.54) is 0 Å². The summed E-state index contributed by atoms with van der Waals surface area (Å²) in [5.74, 6) is 0.498. The Balaban J connectivity index is 0.00000112. The second-order valence-corrected chi connectivity index (χ2v) is 3.97. The third kappa shape index (κ3) is 3.01. The molecule has 2 rings (SSSR count). The van der Waals surface area contributed by atoms with Gasteiger partial charge in [-0.05, 0) is 6.92 Å². The Hall–Kier alpha value is -0.980. The van der Waals surface area contributed by atoms with Crippen molar-refractivity contribution < 1.29 is 0 Å². The van der Waals surface area contributed by atoms with Gasteiger partial charge in [0.2, 0.25) is 0 Å². The van der Waals surface area contributed by atoms with Gasteiger partial charge in [0.05, 0.1) is 18.4 Å². The fourth-order valence-electron chi connectivity index (χ4n) is 1.14. The Labute approximate surface area is 110 Å². The fourth-order valence-corrected chi connectivity index (χ4v) is 1.89. The lowest BCUT2D eigenvalue weighted by Crippen LogP contribution is -2.06. The van der Waals surface area contributed by atoms with Crippen LogP contribution in [0.2, 0.25) is 0 Å². The average Bonchev–Trinajstić information content (AvgIpc) is 2.67. The second kappa shape index (κ2) is 5.93. The molecule has 90 valence electrons. The number of aromatic nitrogens is 3. The van der Waals surface area contributed by atoms with Gasteiger partial charge >= 0.3 is 0 Å². The Bertz CT molecular complexity index is 453. The van der Waals surface area contributed by atoms with Crippen LogP contribution in [0.1, 0.15) is 10.7 Å². The van der Waals surface area contributed by atoms with Crippen molar-refractivity contribution in [1.82, 2.24) is 14.8 Å². The maximum atomic E-state index is 5.71. The van der Waals surface area contributed by atoms with E-state index in [-0.39, 0.29) is 24.8 Å². The zero-order chi connectivity index (χ0) is 10.1. The summed E-state index contributed by atoms with van der Waals surface area (Å²) in [7, 11) is 0. The van der Waals surface area contributed by atoms with Gasteiger partial charge < -0.3 is 11.5 Å². The van der Waals surface area contributed by atoms with E-state index in [1.807, 2.05) is 12.3 Å². The van der Waals surface area contributed by atoms with Gasteiger partial charge in [-0.25, -0.2) is 9.67 Å². The van der Waals surface area contributed by atoms with Gasteiger partial charge in [-0.3, -0.25) is 0 Å². The highest BCUT2D eigenvalue weighted by atomic mass is 35.5. The molecule has 5 nitrogen and oxygen atoms in total. The number of nitrogens with zero attached hydrogens (tertiary/aromatic N) is 3. The Morgan fingerprint density at radius 2 is 2.06 bits per heavy atom. The molecule has 0 aliphatic heterocycles. The van der Waals surface area contributed by atoms with E-state index in [0.29, 0.717) is 18.1 Å². The van der Waals surface area contributed by atoms with Crippen molar-refractivity contribution in [3.8, 4) is 0 Å². The van der Waals surface area contributed by atoms with E-state index in [2.05, 4.69) is 10.1 Å². The zero-order valence-corrected chi connectivity index (χ0v) is 11.0. The van der Waals surface area contributed by atoms with Crippen molar-refractivity contribution in [1.29, 1.82) is 0 Å². The van der Waals surface area contributed by atoms with Crippen LogP contribution in [-0.2, 0) is 6.54 Å². The molecule has 2 heterocycles. The van der Waals surface area contributed by atoms with E-state index >= 15 is 0 Å². The maximum Gasteiger partial charge on any atom is 0.145 e. The first-order chi connectivity index (χ1) is 6.66. The van der Waals surface area contributed by atoms with Crippen molar-refractivity contribution >= 4 is 47.7 Å². The second-order valence-electron chi connectivity index (χ2n) is 3.03. The highest BCUT2D eigenvalue weighted by Gasteiger charge is 2.06. The van der Waals surface area contributed by atoms with Gasteiger partial charge in [-0.2, -0.15) is 5.10 Å². The number of aryl methyl sites for hydroxylation is 1. The molecule has 16 heavy (non-hydrogen) atoms. The minimum Gasteiger partial charge on any atom is -0.394 e. The topological polar surface area (TPSA) is 82.8 Å². The van der Waals surface area contributed by atoms with Crippen molar-refractivity contribution in [2.45, 2.75) is 13.5 Å². The Morgan fingerprint density at radius 1 is 1.38 bits per heavy atom. The van der Waals surface area contributed by atoms with Crippen molar-refractivity contribution in [2.24, 2.45) is 0 Å². The summed E-state index contributed by atoms with van der Waals surface area (Å²) in [5.41, 5.74) is 12.8. The molecule has 0 aromatic carbocycles. The van der Waals surface area contributed by atoms with E-state index in [0.717, 1.165) is 10.7 Å². The van der Waals surface area contributed by atoms with Crippen LogP contribution in [0.25, 0.3) is 0 Å². The molecule has 0 saturated heterocycles. The molecule has 0 unspecified atom stereocenters. The Morgan fingerprint density at radius 3 is 2.50 bits per heavy atom. The molecule has 0 spiro atoms. The zero-order valence-electron chi connectivity index (χ0n) is 8.58. The number of hydrogen-bond acceptors (Lipinski definition) is 5. The summed E-state index contributed by atoms with van der Waals surface area (Å²) in [6, 6.07) is 0. The molecule has 0 aliphatic carbocycles. The first-order valence-corrected chi connectivity index (χ1v) is 5.02. The summed E-state index contributed by atoms with van der Waals surface area (Å²) >= 11 is 1.59. The summed E-state index contributed by atoms with van der Waals surface area (Å²) in [5, 5.41) is 7.04. The number of nitrogen functional groups attached to an aromatic ring is 2. The number of thiazole rings is 1. The molecule has 0 bridgehead atoms. The first kappa shape index (κ1) is 15.0. The highest BCUT2D eigenvalue weighted by molar-refractivity contribution is 7.09. The van der Waals surface area contributed by atoms with Gasteiger partial charge in [0.25, 0.3) is 0 Å². The maximum absolute atomic E-state index is 5.71. The van der Waals surface area contributed by atoms with Crippen molar-refractivity contribution in [2.75, 3.05) is 11.5 Å². The number of nitrogens with two attached hydrogens (primary N) is 2. The van der Waals surface area contributed by atoms with Crippen LogP contribution < -0.4 is 11.5 Å². The summed E-state index contributed by atoms with van der Waals surface area (Å²) in [6.07, 6.45) is 1.55. The molecule has 0 saturated carbocycles. The molecule has 0 fully saturated rings. The highest BCUT2D eigenvalue weighted by Crippen LogP contribution is 2.16. The largest absolute Gasteiger partial charge is 0.394 e. The van der Waals surface area contributed by atoms with Crippen LogP contribution >= 0.6 is 36.2 Å². The summed E-state index contributed by atoms with van der Waals surface area (Å²) in [4.78, 5) is 4.32. The van der Waals surface area contributed by atoms with Crippen LogP contribution in [0.3, 0.4) is 0 Å². The smallest absolute Gasteiger partial charge is 0.145 e. The average molecular weight is 282 g/mol. The SMILES string of the molecule is Cc1csc(Cn2ncc(N)c2N)n1.Cl.Cl. The predicted octanol–water partition coefficient (Wildman–Crippen LogP) is 1.70. The standard InChI is InChI=1S/C8H11N5S.2ClH/c1-5-4-14-7(12-5)3-13-8(10)6(9)2-11-13;;/h2,4H,3,9-10H2,1H3;2*1H. The number of halogens is 2. The predicted molar refractivity (Wildman–Crippen MR) is 71.5 cm³/mol. The molecule has 2 aromatic heterocycles. The lowest BCUT2D eigenvalue weighted by atomic mass is 10.5. The fraction of sp³-hybridized carbons (Fsp3) is 0.250. The molecule has 8 heteroatoms. The number of rotatable bonds is 2. The molecule has 4 N–H and O–H groups in total. The third-order valence-electron chi connectivity index (χ3n) is 1.86. The van der Waals surface area contributed by atoms with E-state index in [4.69, 9.17) is 11.5 Å². The van der Waals surface area contributed by atoms with Gasteiger partial charge in [0, 0.05) is 11.1 Å². The van der Waals surface area contributed by atoms with Crippen molar-refractivity contribution in [3.05, 3.63) is 22.3 Å². The van der Waals surface area contributed by atoms with Crippen LogP contribution in [0.5, 0.6) is 0 Å². The van der Waals surface area contributed by atoms with Gasteiger partial charge in [0.15, 0.2) is 0 Å². The van der Waals surface area contributed by atoms with E-state index < -0.39 is 0 Å². The van der Waals surface area contributed by atoms with E-state index in [9.17, 15) is 0 Å². The summed E-state index contributed by atoms with van der Waals surface area (Å²) < 4.78 is 1.65. The molecule has 2 aromatic rings. The molecule has 0 radical (unpaired) electrons. The van der Waals surface area contributed by atoms with Gasteiger partial charge in [-0.15, -0.1) is 36.2 Å². The lowest BCUT2D eigenvalue weighted by Gasteiger charge is -2.00. The molecular weight excluding hydrogens is 269 g/mol. The van der Waals surface area contributed by atoms with Crippen LogP contribution in [-0.4, -0.2) is 14.8 Å². The lowest BCUT2D eigenvalue weighted by molar-refractivity contribution is 0.692. The van der Waals surface area contributed by atoms with Crippen LogP contribution in [0.4, 0.5) is 11.5 Å². The van der Waals surface area contributed by atoms with Crippen LogP contribution in [0, 0.1) is 6.92 Å².